The summed E-state index contributed by atoms with van der Waals surface area (Å²) < 4.78 is 2.43. The van der Waals surface area contributed by atoms with Gasteiger partial charge in [0.1, 0.15) is 0 Å². The topological polar surface area (TPSA) is 8.17 Å². The summed E-state index contributed by atoms with van der Waals surface area (Å²) in [6, 6.07) is 92.2. The van der Waals surface area contributed by atoms with Crippen molar-refractivity contribution in [2.75, 3.05) is 4.90 Å². The lowest BCUT2D eigenvalue weighted by Gasteiger charge is -2.29. The molecule has 0 atom stereocenters. The number of nitrogens with zero attached hydrogens (tertiary/aromatic N) is 2. The predicted molar refractivity (Wildman–Crippen MR) is 263 cm³/mol. The fourth-order valence-electron chi connectivity index (χ4n) is 9.01. The van der Waals surface area contributed by atoms with Gasteiger partial charge in [0.15, 0.2) is 0 Å². The molecule has 0 fully saturated rings. The molecule has 10 aromatic carbocycles. The van der Waals surface area contributed by atoms with E-state index in [4.69, 9.17) is 0 Å². The second-order valence-corrected chi connectivity index (χ2v) is 15.7. The van der Waals surface area contributed by atoms with Gasteiger partial charge in [0.25, 0.3) is 0 Å². The fourth-order valence-corrected chi connectivity index (χ4v) is 9.01. The van der Waals surface area contributed by atoms with E-state index in [0.717, 1.165) is 45.0 Å². The average Bonchev–Trinajstić information content (AvgIpc) is 3.70. The summed E-state index contributed by atoms with van der Waals surface area (Å²) in [7, 11) is 0. The molecule has 1 heterocycles. The molecule has 0 saturated carbocycles. The molecule has 0 N–H and O–H groups in total. The van der Waals surface area contributed by atoms with E-state index < -0.39 is 0 Å². The van der Waals surface area contributed by atoms with Crippen LogP contribution in [0.5, 0.6) is 0 Å². The molecule has 0 radical (unpaired) electrons. The molecule has 11 rings (SSSR count). The van der Waals surface area contributed by atoms with Crippen LogP contribution >= 0.6 is 0 Å². The minimum atomic E-state index is 1.08. The van der Waals surface area contributed by atoms with E-state index in [1.165, 1.54) is 55.2 Å². The molecule has 11 aromatic rings. The van der Waals surface area contributed by atoms with E-state index in [1.54, 1.807) is 0 Å². The molecular weight excluding hydrogens is 749 g/mol. The summed E-state index contributed by atoms with van der Waals surface area (Å²) in [6.45, 7) is 0. The lowest BCUT2D eigenvalue weighted by molar-refractivity contribution is 1.18. The third kappa shape index (κ3) is 6.84. The number of aromatic nitrogens is 1. The van der Waals surface area contributed by atoms with Gasteiger partial charge in [-0.05, 0) is 99.1 Å². The second kappa shape index (κ2) is 16.1. The van der Waals surface area contributed by atoms with Crippen LogP contribution < -0.4 is 4.90 Å². The molecule has 0 amide bonds. The zero-order valence-electron chi connectivity index (χ0n) is 34.1. The summed E-state index contributed by atoms with van der Waals surface area (Å²) in [6.07, 6.45) is 0. The Balaban J connectivity index is 1.13. The van der Waals surface area contributed by atoms with E-state index in [1.807, 2.05) is 0 Å². The van der Waals surface area contributed by atoms with Crippen molar-refractivity contribution in [2.45, 2.75) is 0 Å². The average molecular weight is 791 g/mol. The van der Waals surface area contributed by atoms with Gasteiger partial charge in [-0.2, -0.15) is 0 Å². The Kier molecular flexibility index (Phi) is 9.57. The highest BCUT2D eigenvalue weighted by atomic mass is 15.1. The molecular formula is C60H42N2. The van der Waals surface area contributed by atoms with Gasteiger partial charge < -0.3 is 9.47 Å². The highest BCUT2D eigenvalue weighted by Crippen LogP contribution is 2.45. The van der Waals surface area contributed by atoms with Crippen molar-refractivity contribution in [3.63, 3.8) is 0 Å². The quantitative estimate of drug-likeness (QED) is 0.141. The molecule has 0 unspecified atom stereocenters. The minimum absolute atomic E-state index is 1.08. The Hall–Kier alpha value is -8.20. The highest BCUT2D eigenvalue weighted by Gasteiger charge is 2.21. The zero-order chi connectivity index (χ0) is 41.2. The van der Waals surface area contributed by atoms with Gasteiger partial charge in [0, 0.05) is 33.3 Å². The molecule has 292 valence electrons. The van der Waals surface area contributed by atoms with Crippen LogP contribution in [-0.2, 0) is 0 Å². The molecule has 0 aliphatic heterocycles. The van der Waals surface area contributed by atoms with Crippen molar-refractivity contribution in [1.29, 1.82) is 0 Å². The van der Waals surface area contributed by atoms with Gasteiger partial charge in [-0.1, -0.05) is 200 Å². The summed E-state index contributed by atoms with van der Waals surface area (Å²) in [4.78, 5) is 2.42. The first-order valence-corrected chi connectivity index (χ1v) is 21.3. The van der Waals surface area contributed by atoms with Crippen LogP contribution in [0, 0.1) is 0 Å². The van der Waals surface area contributed by atoms with E-state index in [-0.39, 0.29) is 0 Å². The van der Waals surface area contributed by atoms with E-state index in [9.17, 15) is 0 Å². The van der Waals surface area contributed by atoms with Crippen LogP contribution in [0.15, 0.2) is 255 Å². The summed E-state index contributed by atoms with van der Waals surface area (Å²) in [5, 5.41) is 2.50. The molecule has 2 nitrogen and oxygen atoms in total. The second-order valence-electron chi connectivity index (χ2n) is 15.7. The van der Waals surface area contributed by atoms with Crippen molar-refractivity contribution in [3.8, 4) is 61.3 Å². The number of hydrogen-bond acceptors (Lipinski definition) is 1. The van der Waals surface area contributed by atoms with Crippen LogP contribution in [0.1, 0.15) is 0 Å². The third-order valence-electron chi connectivity index (χ3n) is 12.0. The largest absolute Gasteiger partial charge is 0.310 e. The van der Waals surface area contributed by atoms with Gasteiger partial charge in [0.05, 0.1) is 22.4 Å². The highest BCUT2D eigenvalue weighted by molar-refractivity contribution is 6.10. The molecule has 1 aromatic heterocycles. The third-order valence-corrected chi connectivity index (χ3v) is 12.0. The first kappa shape index (κ1) is 36.8. The normalized spacial score (nSPS) is 11.2. The lowest BCUT2D eigenvalue weighted by Crippen LogP contribution is -2.11. The van der Waals surface area contributed by atoms with Gasteiger partial charge in [0.2, 0.25) is 0 Å². The summed E-state index contributed by atoms with van der Waals surface area (Å²) in [5.41, 5.74) is 18.5. The number of anilines is 3. The van der Waals surface area contributed by atoms with Crippen molar-refractivity contribution < 1.29 is 0 Å². The van der Waals surface area contributed by atoms with Crippen LogP contribution in [-0.4, -0.2) is 4.57 Å². The first-order valence-electron chi connectivity index (χ1n) is 21.3. The Morgan fingerprint density at radius 2 is 0.710 bits per heavy atom. The lowest BCUT2D eigenvalue weighted by atomic mass is 9.93. The molecule has 0 saturated heterocycles. The number of para-hydroxylation sites is 3. The Bertz CT molecular complexity index is 3260. The molecule has 0 spiro atoms. The van der Waals surface area contributed by atoms with Gasteiger partial charge in [-0.3, -0.25) is 0 Å². The number of hydrogen-bond donors (Lipinski definition) is 0. The molecule has 0 aliphatic carbocycles. The number of rotatable bonds is 9. The molecule has 0 bridgehead atoms. The first-order chi connectivity index (χ1) is 30.8. The van der Waals surface area contributed by atoms with Crippen LogP contribution in [0.2, 0.25) is 0 Å². The fraction of sp³-hybridized carbons (Fsp3) is 0. The summed E-state index contributed by atoms with van der Waals surface area (Å²) >= 11 is 0. The van der Waals surface area contributed by atoms with Crippen LogP contribution in [0.25, 0.3) is 83.1 Å². The maximum atomic E-state index is 2.43. The number of fused-ring (bicyclic) bond motifs is 3. The van der Waals surface area contributed by atoms with Crippen LogP contribution in [0.4, 0.5) is 17.1 Å². The van der Waals surface area contributed by atoms with Gasteiger partial charge >= 0.3 is 0 Å². The molecule has 62 heavy (non-hydrogen) atoms. The van der Waals surface area contributed by atoms with Crippen molar-refractivity contribution in [3.05, 3.63) is 255 Å². The monoisotopic (exact) mass is 790 g/mol. The van der Waals surface area contributed by atoms with E-state index in [0.29, 0.717) is 0 Å². The number of benzene rings is 10. The van der Waals surface area contributed by atoms with Gasteiger partial charge in [-0.25, -0.2) is 0 Å². The Labute approximate surface area is 362 Å². The Morgan fingerprint density at radius 1 is 0.258 bits per heavy atom. The molecule has 2 heteroatoms. The Morgan fingerprint density at radius 3 is 1.32 bits per heavy atom. The van der Waals surface area contributed by atoms with Crippen molar-refractivity contribution in [1.82, 2.24) is 4.57 Å². The minimum Gasteiger partial charge on any atom is -0.310 e. The van der Waals surface area contributed by atoms with E-state index >= 15 is 0 Å². The van der Waals surface area contributed by atoms with E-state index in [2.05, 4.69) is 264 Å². The maximum Gasteiger partial charge on any atom is 0.0541 e. The standard InChI is InChI=1S/C60H42N2/c1-4-17-43(18-5-1)46-31-33-48(34-32-46)56-42-50(53-25-10-13-28-57(53)62-58-29-14-11-26-54(58)55-27-12-15-30-59(55)62)37-40-60(56)61(51-38-35-47(36-39-51)44-19-6-2-7-20-44)52-24-16-23-49(41-52)45-21-8-3-9-22-45/h1-42H. The smallest absolute Gasteiger partial charge is 0.0541 e. The zero-order valence-corrected chi connectivity index (χ0v) is 34.1. The van der Waals surface area contributed by atoms with Crippen LogP contribution in [0.3, 0.4) is 0 Å². The molecule has 0 aliphatic rings. The predicted octanol–water partition coefficient (Wildman–Crippen LogP) is 16.6. The van der Waals surface area contributed by atoms with Gasteiger partial charge in [-0.15, -0.1) is 0 Å². The van der Waals surface area contributed by atoms with Crippen molar-refractivity contribution in [2.24, 2.45) is 0 Å². The summed E-state index contributed by atoms with van der Waals surface area (Å²) in [5.74, 6) is 0. The SMILES string of the molecule is c1ccc(-c2ccc(-c3cc(-c4ccccc4-n4c5ccccc5c5ccccc54)ccc3N(c3ccc(-c4ccccc4)cc3)c3cccc(-c4ccccc4)c3)cc2)cc1. The van der Waals surface area contributed by atoms with Crippen molar-refractivity contribution >= 4 is 38.9 Å². The maximum absolute atomic E-state index is 2.43.